The molecule has 22 heavy (non-hydrogen) atoms. The number of urea groups is 1. The van der Waals surface area contributed by atoms with Crippen LogP contribution in [0.1, 0.15) is 18.5 Å². The Labute approximate surface area is 133 Å². The number of nitrogens with zero attached hydrogens (tertiary/aromatic N) is 4. The molecule has 7 heteroatoms. The molecule has 3 rings (SSSR count). The van der Waals surface area contributed by atoms with Crippen molar-refractivity contribution in [3.63, 3.8) is 0 Å². The van der Waals surface area contributed by atoms with Crippen molar-refractivity contribution in [3.05, 3.63) is 35.2 Å². The number of carbonyl (C=O) groups is 1. The van der Waals surface area contributed by atoms with Gasteiger partial charge in [0.15, 0.2) is 0 Å². The summed E-state index contributed by atoms with van der Waals surface area (Å²) in [4.78, 5) is 18.3. The van der Waals surface area contributed by atoms with Crippen molar-refractivity contribution in [2.45, 2.75) is 19.4 Å². The molecule has 0 spiro atoms. The summed E-state index contributed by atoms with van der Waals surface area (Å²) in [6.45, 7) is 1.63. The third-order valence-corrected chi connectivity index (χ3v) is 4.07. The minimum absolute atomic E-state index is 0.0761. The second-order valence-corrected chi connectivity index (χ2v) is 5.83. The maximum Gasteiger partial charge on any atom is 0.317 e. The van der Waals surface area contributed by atoms with Crippen LogP contribution in [0.15, 0.2) is 24.5 Å². The smallest absolute Gasteiger partial charge is 0.317 e. The Morgan fingerprint density at radius 2 is 2.18 bits per heavy atom. The number of imidazole rings is 1. The van der Waals surface area contributed by atoms with Crippen LogP contribution in [0, 0.1) is 17.2 Å². The van der Waals surface area contributed by atoms with Gasteiger partial charge in [0.2, 0.25) is 0 Å². The number of hydrogen-bond acceptors (Lipinski definition) is 3. The van der Waals surface area contributed by atoms with Crippen molar-refractivity contribution >= 4 is 23.3 Å². The van der Waals surface area contributed by atoms with Crippen molar-refractivity contribution in [1.29, 1.82) is 5.26 Å². The van der Waals surface area contributed by atoms with Gasteiger partial charge in [-0.2, -0.15) is 5.26 Å². The molecule has 0 bridgehead atoms. The van der Waals surface area contributed by atoms with E-state index in [0.29, 0.717) is 24.7 Å². The SMILES string of the molecule is N#CC1CCN(C(=O)NCc2cn3cc(Cl)ccc3n2)CC1. The standard InChI is InChI=1S/C15H16ClN5O/c16-12-1-2-14-19-13(10-21(14)9-12)8-18-15(22)20-5-3-11(7-17)4-6-20/h1-2,9-11H,3-6,8H2,(H,18,22). The van der Waals surface area contributed by atoms with E-state index in [9.17, 15) is 4.79 Å². The fourth-order valence-corrected chi connectivity index (χ4v) is 2.76. The lowest BCUT2D eigenvalue weighted by molar-refractivity contribution is 0.178. The predicted molar refractivity (Wildman–Crippen MR) is 82.3 cm³/mol. The lowest BCUT2D eigenvalue weighted by atomic mass is 9.99. The van der Waals surface area contributed by atoms with E-state index in [2.05, 4.69) is 16.4 Å². The van der Waals surface area contributed by atoms with E-state index in [1.165, 1.54) is 0 Å². The van der Waals surface area contributed by atoms with Gasteiger partial charge in [0.1, 0.15) is 5.65 Å². The zero-order valence-corrected chi connectivity index (χ0v) is 12.8. The third-order valence-electron chi connectivity index (χ3n) is 3.85. The number of rotatable bonds is 2. The molecule has 114 valence electrons. The van der Waals surface area contributed by atoms with Crippen LogP contribution in [-0.2, 0) is 6.54 Å². The highest BCUT2D eigenvalue weighted by molar-refractivity contribution is 6.30. The monoisotopic (exact) mass is 317 g/mol. The molecule has 1 saturated heterocycles. The highest BCUT2D eigenvalue weighted by atomic mass is 35.5. The van der Waals surface area contributed by atoms with Gasteiger partial charge in [0.25, 0.3) is 0 Å². The molecule has 2 amide bonds. The molecule has 3 heterocycles. The lowest BCUT2D eigenvalue weighted by Gasteiger charge is -2.29. The number of aromatic nitrogens is 2. The molecule has 0 radical (unpaired) electrons. The molecule has 1 fully saturated rings. The van der Waals surface area contributed by atoms with Gasteiger partial charge in [-0.25, -0.2) is 9.78 Å². The number of piperidine rings is 1. The number of pyridine rings is 1. The van der Waals surface area contributed by atoms with Crippen LogP contribution in [0.3, 0.4) is 0 Å². The van der Waals surface area contributed by atoms with Crippen molar-refractivity contribution < 1.29 is 4.79 Å². The summed E-state index contributed by atoms with van der Waals surface area (Å²) >= 11 is 5.93. The van der Waals surface area contributed by atoms with Crippen LogP contribution >= 0.6 is 11.6 Å². The molecule has 0 saturated carbocycles. The summed E-state index contributed by atoms with van der Waals surface area (Å²) in [5, 5.41) is 12.4. The molecule has 0 unspecified atom stereocenters. The van der Waals surface area contributed by atoms with E-state index >= 15 is 0 Å². The van der Waals surface area contributed by atoms with Gasteiger partial charge in [0.05, 0.1) is 23.3 Å². The fourth-order valence-electron chi connectivity index (χ4n) is 2.59. The van der Waals surface area contributed by atoms with Gasteiger partial charge in [-0.1, -0.05) is 11.6 Å². The predicted octanol–water partition coefficient (Wildman–Crippen LogP) is 2.43. The van der Waals surface area contributed by atoms with E-state index in [0.717, 1.165) is 24.2 Å². The van der Waals surface area contributed by atoms with Gasteiger partial charge in [-0.15, -0.1) is 0 Å². The average molecular weight is 318 g/mol. The summed E-state index contributed by atoms with van der Waals surface area (Å²) < 4.78 is 1.84. The minimum atomic E-state index is -0.105. The Balaban J connectivity index is 1.57. The van der Waals surface area contributed by atoms with E-state index in [1.54, 1.807) is 17.2 Å². The lowest BCUT2D eigenvalue weighted by Crippen LogP contribution is -2.44. The molecular weight excluding hydrogens is 302 g/mol. The highest BCUT2D eigenvalue weighted by Crippen LogP contribution is 2.16. The fraction of sp³-hybridized carbons (Fsp3) is 0.400. The minimum Gasteiger partial charge on any atom is -0.332 e. The summed E-state index contributed by atoms with van der Waals surface area (Å²) in [7, 11) is 0. The molecule has 0 aliphatic carbocycles. The largest absolute Gasteiger partial charge is 0.332 e. The van der Waals surface area contributed by atoms with Gasteiger partial charge in [-0.3, -0.25) is 0 Å². The first-order valence-corrected chi connectivity index (χ1v) is 7.59. The van der Waals surface area contributed by atoms with E-state index in [1.807, 2.05) is 16.7 Å². The number of likely N-dealkylation sites (tertiary alicyclic amines) is 1. The normalized spacial score (nSPS) is 15.7. The Morgan fingerprint density at radius 1 is 1.41 bits per heavy atom. The van der Waals surface area contributed by atoms with E-state index in [4.69, 9.17) is 16.9 Å². The van der Waals surface area contributed by atoms with Crippen molar-refractivity contribution in [1.82, 2.24) is 19.6 Å². The second-order valence-electron chi connectivity index (χ2n) is 5.39. The summed E-state index contributed by atoms with van der Waals surface area (Å²) in [5.74, 6) is 0.0761. The Hall–Kier alpha value is -2.26. The van der Waals surface area contributed by atoms with Crippen LogP contribution < -0.4 is 5.32 Å². The second kappa shape index (κ2) is 6.24. The first-order valence-electron chi connectivity index (χ1n) is 7.21. The maximum absolute atomic E-state index is 12.1. The van der Waals surface area contributed by atoms with E-state index < -0.39 is 0 Å². The Kier molecular flexibility index (Phi) is 4.16. The van der Waals surface area contributed by atoms with Crippen molar-refractivity contribution in [3.8, 4) is 6.07 Å². The first-order chi connectivity index (χ1) is 10.7. The maximum atomic E-state index is 12.1. The van der Waals surface area contributed by atoms with Crippen LogP contribution in [0.4, 0.5) is 4.79 Å². The van der Waals surface area contributed by atoms with Crippen molar-refractivity contribution in [2.24, 2.45) is 5.92 Å². The van der Waals surface area contributed by atoms with Gasteiger partial charge < -0.3 is 14.6 Å². The van der Waals surface area contributed by atoms with Crippen LogP contribution in [0.25, 0.3) is 5.65 Å². The molecule has 2 aromatic rings. The summed E-state index contributed by atoms with van der Waals surface area (Å²) in [6, 6.07) is 5.77. The number of fused-ring (bicyclic) bond motifs is 1. The molecule has 1 aliphatic heterocycles. The summed E-state index contributed by atoms with van der Waals surface area (Å²) in [5.41, 5.74) is 1.58. The topological polar surface area (TPSA) is 73.4 Å². The molecule has 1 aliphatic rings. The number of amides is 2. The third kappa shape index (κ3) is 3.15. The molecular formula is C15H16ClN5O. The van der Waals surface area contributed by atoms with Crippen LogP contribution in [0.5, 0.6) is 0 Å². The number of nitrogens with one attached hydrogen (secondary N) is 1. The Morgan fingerprint density at radius 3 is 2.91 bits per heavy atom. The molecule has 6 nitrogen and oxygen atoms in total. The average Bonchev–Trinajstić information content (AvgIpc) is 2.94. The number of hydrogen-bond donors (Lipinski definition) is 1. The van der Waals surface area contributed by atoms with Gasteiger partial charge >= 0.3 is 6.03 Å². The first kappa shape index (κ1) is 14.7. The Bertz CT molecular complexity index is 727. The zero-order chi connectivity index (χ0) is 15.5. The summed E-state index contributed by atoms with van der Waals surface area (Å²) in [6.07, 6.45) is 5.12. The number of halogens is 1. The van der Waals surface area contributed by atoms with Crippen molar-refractivity contribution in [2.75, 3.05) is 13.1 Å². The van der Waals surface area contributed by atoms with Gasteiger partial charge in [-0.05, 0) is 25.0 Å². The van der Waals surface area contributed by atoms with E-state index in [-0.39, 0.29) is 11.9 Å². The quantitative estimate of drug-likeness (QED) is 0.924. The number of carbonyl (C=O) groups excluding carboxylic acids is 1. The highest BCUT2D eigenvalue weighted by Gasteiger charge is 2.22. The van der Waals surface area contributed by atoms with Gasteiger partial charge in [0, 0.05) is 31.4 Å². The van der Waals surface area contributed by atoms with Crippen LogP contribution in [0.2, 0.25) is 5.02 Å². The zero-order valence-electron chi connectivity index (χ0n) is 12.0. The molecule has 1 N–H and O–H groups in total. The number of nitriles is 1. The molecule has 0 atom stereocenters. The molecule has 0 aromatic carbocycles. The van der Waals surface area contributed by atoms with Crippen LogP contribution in [-0.4, -0.2) is 33.4 Å². The molecule has 2 aromatic heterocycles.